The van der Waals surface area contributed by atoms with E-state index in [2.05, 4.69) is 76.2 Å². The van der Waals surface area contributed by atoms with Crippen LogP contribution in [0.5, 0.6) is 11.5 Å². The molecular formula is C40H50O2. The molecule has 0 radical (unpaired) electrons. The number of hydrogen-bond donors (Lipinski definition) is 2. The van der Waals surface area contributed by atoms with Gasteiger partial charge in [0.1, 0.15) is 11.5 Å². The van der Waals surface area contributed by atoms with Gasteiger partial charge in [0.05, 0.1) is 0 Å². The monoisotopic (exact) mass is 562 g/mol. The van der Waals surface area contributed by atoms with E-state index in [1.807, 2.05) is 36.4 Å². The van der Waals surface area contributed by atoms with E-state index in [1.165, 1.54) is 62.5 Å². The first kappa shape index (κ1) is 31.4. The van der Waals surface area contributed by atoms with Gasteiger partial charge in [-0.25, -0.2) is 0 Å². The molecule has 0 heterocycles. The molecule has 0 aliphatic heterocycles. The lowest BCUT2D eigenvalue weighted by molar-refractivity contribution is 0.466. The van der Waals surface area contributed by atoms with Gasteiger partial charge in [-0.15, -0.1) is 0 Å². The third-order valence-corrected chi connectivity index (χ3v) is 8.49. The van der Waals surface area contributed by atoms with Gasteiger partial charge in [-0.05, 0) is 83.0 Å². The van der Waals surface area contributed by atoms with Crippen LogP contribution in [0.4, 0.5) is 0 Å². The molecule has 4 rings (SSSR count). The molecule has 4 aromatic carbocycles. The second kappa shape index (κ2) is 15.6. The molecule has 0 saturated carbocycles. The van der Waals surface area contributed by atoms with Crippen molar-refractivity contribution < 1.29 is 10.2 Å². The minimum Gasteiger partial charge on any atom is -0.507 e. The maximum Gasteiger partial charge on any atom is 0.126 e. The molecular weight excluding hydrogens is 512 g/mol. The quantitative estimate of drug-likeness (QED) is 0.141. The van der Waals surface area contributed by atoms with E-state index < -0.39 is 0 Å². The molecule has 0 atom stereocenters. The Hall–Kier alpha value is -3.52. The fourth-order valence-electron chi connectivity index (χ4n) is 6.00. The molecule has 0 amide bonds. The van der Waals surface area contributed by atoms with Crippen LogP contribution < -0.4 is 0 Å². The summed E-state index contributed by atoms with van der Waals surface area (Å²) in [4.78, 5) is 0. The molecule has 2 N–H and O–H groups in total. The average molecular weight is 563 g/mol. The molecule has 0 bridgehead atoms. The van der Waals surface area contributed by atoms with Crippen LogP contribution in [-0.2, 0) is 12.8 Å². The lowest BCUT2D eigenvalue weighted by Crippen LogP contribution is -1.96. The van der Waals surface area contributed by atoms with E-state index in [-0.39, 0.29) is 0 Å². The normalized spacial score (nSPS) is 11.5. The molecule has 4 aromatic rings. The van der Waals surface area contributed by atoms with Crippen LogP contribution >= 0.6 is 0 Å². The zero-order valence-electron chi connectivity index (χ0n) is 26.2. The first-order valence-corrected chi connectivity index (χ1v) is 16.2. The topological polar surface area (TPSA) is 40.5 Å². The van der Waals surface area contributed by atoms with Crippen LogP contribution in [0.25, 0.3) is 22.3 Å². The molecule has 0 aromatic heterocycles. The lowest BCUT2D eigenvalue weighted by atomic mass is 9.91. The Labute approximate surface area is 254 Å². The molecule has 0 spiro atoms. The molecule has 42 heavy (non-hydrogen) atoms. The van der Waals surface area contributed by atoms with Gasteiger partial charge in [0.25, 0.3) is 0 Å². The van der Waals surface area contributed by atoms with Gasteiger partial charge >= 0.3 is 0 Å². The Balaban J connectivity index is 1.19. The molecule has 222 valence electrons. The van der Waals surface area contributed by atoms with Crippen molar-refractivity contribution in [3.8, 4) is 33.8 Å². The smallest absolute Gasteiger partial charge is 0.126 e. The number of aryl methyl sites for hydroxylation is 2. The summed E-state index contributed by atoms with van der Waals surface area (Å²) in [5.41, 5.74) is 8.86. The Morgan fingerprint density at radius 3 is 1.12 bits per heavy atom. The summed E-state index contributed by atoms with van der Waals surface area (Å²) in [7, 11) is 0. The van der Waals surface area contributed by atoms with Gasteiger partial charge in [-0.1, -0.05) is 139 Å². The van der Waals surface area contributed by atoms with Crippen molar-refractivity contribution in [2.75, 3.05) is 0 Å². The van der Waals surface area contributed by atoms with Gasteiger partial charge in [0.2, 0.25) is 0 Å². The standard InChI is InChI=1S/C40H50O2/c1-29(2)35-25-31(27-37(39(35)41)33-21-15-11-16-22-33)19-13-9-7-5-6-8-10-14-20-32-26-36(30(3)4)40(42)38(28-32)34-23-17-12-18-24-34/h11-12,15-18,21-30,41-42H,5-10,13-14,19-20H2,1-4H3. The molecule has 0 fully saturated rings. The van der Waals surface area contributed by atoms with Gasteiger partial charge in [0.15, 0.2) is 0 Å². The second-order valence-corrected chi connectivity index (χ2v) is 12.5. The summed E-state index contributed by atoms with van der Waals surface area (Å²) in [5, 5.41) is 21.9. The van der Waals surface area contributed by atoms with Crippen LogP contribution in [0.2, 0.25) is 0 Å². The maximum absolute atomic E-state index is 10.9. The predicted octanol–water partition coefficient (Wildman–Crippen LogP) is 11.6. The largest absolute Gasteiger partial charge is 0.507 e. The van der Waals surface area contributed by atoms with Gasteiger partial charge < -0.3 is 10.2 Å². The number of hydrogen-bond acceptors (Lipinski definition) is 2. The highest BCUT2D eigenvalue weighted by atomic mass is 16.3. The third-order valence-electron chi connectivity index (χ3n) is 8.49. The van der Waals surface area contributed by atoms with Gasteiger partial charge in [0, 0.05) is 11.1 Å². The van der Waals surface area contributed by atoms with Crippen molar-refractivity contribution in [1.82, 2.24) is 0 Å². The summed E-state index contributed by atoms with van der Waals surface area (Å²) < 4.78 is 0. The summed E-state index contributed by atoms with van der Waals surface area (Å²) >= 11 is 0. The van der Waals surface area contributed by atoms with E-state index in [1.54, 1.807) is 0 Å². The number of aromatic hydroxyl groups is 2. The van der Waals surface area contributed by atoms with Crippen molar-refractivity contribution in [3.63, 3.8) is 0 Å². The van der Waals surface area contributed by atoms with Gasteiger partial charge in [-0.3, -0.25) is 0 Å². The Kier molecular flexibility index (Phi) is 11.7. The summed E-state index contributed by atoms with van der Waals surface area (Å²) in [6.45, 7) is 8.62. The zero-order valence-corrected chi connectivity index (χ0v) is 26.2. The Morgan fingerprint density at radius 1 is 0.452 bits per heavy atom. The number of benzene rings is 4. The van der Waals surface area contributed by atoms with Crippen molar-refractivity contribution in [3.05, 3.63) is 107 Å². The fourth-order valence-corrected chi connectivity index (χ4v) is 6.00. The minimum atomic E-state index is 0.296. The molecule has 2 nitrogen and oxygen atoms in total. The molecule has 0 aliphatic rings. The third kappa shape index (κ3) is 8.51. The zero-order chi connectivity index (χ0) is 29.9. The molecule has 0 aliphatic carbocycles. The van der Waals surface area contributed by atoms with Crippen LogP contribution in [-0.4, -0.2) is 10.2 Å². The van der Waals surface area contributed by atoms with Crippen molar-refractivity contribution in [1.29, 1.82) is 0 Å². The maximum atomic E-state index is 10.9. The average Bonchev–Trinajstić information content (AvgIpc) is 2.99. The highest BCUT2D eigenvalue weighted by Gasteiger charge is 2.15. The molecule has 2 heteroatoms. The number of phenolic OH excluding ortho intramolecular Hbond substituents is 2. The SMILES string of the molecule is CC(C)c1cc(CCCCCCCCCCc2cc(-c3ccccc3)c(O)c(C(C)C)c2)cc(-c2ccccc2)c1O. The number of rotatable bonds is 15. The number of unbranched alkanes of at least 4 members (excludes halogenated alkanes) is 7. The van der Waals surface area contributed by atoms with E-state index >= 15 is 0 Å². The van der Waals surface area contributed by atoms with E-state index in [0.717, 1.165) is 46.2 Å². The summed E-state index contributed by atoms with van der Waals surface area (Å²) in [5.74, 6) is 1.46. The van der Waals surface area contributed by atoms with Crippen molar-refractivity contribution >= 4 is 0 Å². The van der Waals surface area contributed by atoms with Crippen molar-refractivity contribution in [2.24, 2.45) is 0 Å². The van der Waals surface area contributed by atoms with Crippen LogP contribution in [0, 0.1) is 0 Å². The first-order chi connectivity index (χ1) is 20.3. The second-order valence-electron chi connectivity index (χ2n) is 12.5. The van der Waals surface area contributed by atoms with Crippen molar-refractivity contribution in [2.45, 2.75) is 104 Å². The Bertz CT molecular complexity index is 1280. The van der Waals surface area contributed by atoms with Gasteiger partial charge in [-0.2, -0.15) is 0 Å². The predicted molar refractivity (Wildman–Crippen MR) is 180 cm³/mol. The first-order valence-electron chi connectivity index (χ1n) is 16.2. The highest BCUT2D eigenvalue weighted by molar-refractivity contribution is 5.74. The van der Waals surface area contributed by atoms with Crippen LogP contribution in [0.3, 0.4) is 0 Å². The molecule has 0 saturated heterocycles. The Morgan fingerprint density at radius 2 is 0.786 bits per heavy atom. The van der Waals surface area contributed by atoms with E-state index in [4.69, 9.17) is 0 Å². The van der Waals surface area contributed by atoms with E-state index in [0.29, 0.717) is 23.3 Å². The summed E-state index contributed by atoms with van der Waals surface area (Å²) in [6.07, 6.45) is 12.2. The minimum absolute atomic E-state index is 0.296. The van der Waals surface area contributed by atoms with Crippen LogP contribution in [0.15, 0.2) is 84.9 Å². The van der Waals surface area contributed by atoms with Crippen LogP contribution in [0.1, 0.15) is 113 Å². The molecule has 0 unspecified atom stereocenters. The number of phenols is 2. The van der Waals surface area contributed by atoms with E-state index in [9.17, 15) is 10.2 Å². The highest BCUT2D eigenvalue weighted by Crippen LogP contribution is 2.39. The lowest BCUT2D eigenvalue weighted by Gasteiger charge is -2.16. The fraction of sp³-hybridized carbons (Fsp3) is 0.400. The summed E-state index contributed by atoms with van der Waals surface area (Å²) in [6, 6.07) is 29.3.